The molecule has 3 N–H and O–H groups in total. The highest BCUT2D eigenvalue weighted by Gasteiger charge is 2.42. The predicted molar refractivity (Wildman–Crippen MR) is 181 cm³/mol. The van der Waals surface area contributed by atoms with Crippen LogP contribution in [0.15, 0.2) is 60.7 Å². The van der Waals surface area contributed by atoms with Crippen LogP contribution in [0.5, 0.6) is 0 Å². The van der Waals surface area contributed by atoms with Crippen molar-refractivity contribution in [3.05, 3.63) is 71.1 Å². The van der Waals surface area contributed by atoms with Gasteiger partial charge >= 0.3 is 0 Å². The molecule has 238 valence electrons. The summed E-state index contributed by atoms with van der Waals surface area (Å²) in [6.45, 7) is 8.11. The standard InChI is InChI=1S/C36H50N4O3S/c1-3-5-23-40(24-6-4-2)25-15-22-37-33(41)30(26-28-16-9-7-10-17-28)38-35(43)36(20-13-8-14-21-36)39-34(42)32-27-29-18-11-12-19-31(29)44-32/h7,9-12,16-19,27,30H,3-6,8,13-15,20-26H2,1-2H3,(H,37,41)(H,38,43)(H,39,42)/t30-/m0/s1. The lowest BCUT2D eigenvalue weighted by atomic mass is 9.80. The number of carbonyl (C=O) groups is 3. The van der Waals surface area contributed by atoms with E-state index in [1.165, 1.54) is 37.0 Å². The van der Waals surface area contributed by atoms with Crippen molar-refractivity contribution in [3.63, 3.8) is 0 Å². The van der Waals surface area contributed by atoms with Crippen LogP contribution in [-0.2, 0) is 16.0 Å². The third-order valence-electron chi connectivity index (χ3n) is 8.65. The van der Waals surface area contributed by atoms with Gasteiger partial charge in [-0.05, 0) is 74.8 Å². The number of nitrogens with one attached hydrogen (secondary N) is 3. The molecule has 1 aliphatic rings. The van der Waals surface area contributed by atoms with Gasteiger partial charge in [0.15, 0.2) is 0 Å². The van der Waals surface area contributed by atoms with E-state index in [1.54, 1.807) is 0 Å². The smallest absolute Gasteiger partial charge is 0.262 e. The first-order chi connectivity index (χ1) is 21.4. The Balaban J connectivity index is 1.43. The normalized spacial score (nSPS) is 15.2. The first-order valence-electron chi connectivity index (χ1n) is 16.6. The summed E-state index contributed by atoms with van der Waals surface area (Å²) in [7, 11) is 0. The van der Waals surface area contributed by atoms with E-state index in [9.17, 15) is 14.4 Å². The van der Waals surface area contributed by atoms with E-state index in [2.05, 4.69) is 34.7 Å². The van der Waals surface area contributed by atoms with Crippen molar-refractivity contribution in [2.24, 2.45) is 0 Å². The van der Waals surface area contributed by atoms with Gasteiger partial charge in [-0.3, -0.25) is 14.4 Å². The number of thiophene rings is 1. The topological polar surface area (TPSA) is 90.5 Å². The molecule has 0 aliphatic heterocycles. The van der Waals surface area contributed by atoms with Crippen molar-refractivity contribution < 1.29 is 14.4 Å². The zero-order chi connectivity index (χ0) is 31.2. The second kappa shape index (κ2) is 17.3. The SMILES string of the molecule is CCCCN(CCCC)CCCNC(=O)[C@H](Cc1ccccc1)NC(=O)C1(NC(=O)c2cc3ccccc3s2)CCCCC1. The van der Waals surface area contributed by atoms with Gasteiger partial charge in [0, 0.05) is 17.7 Å². The molecule has 0 spiro atoms. The summed E-state index contributed by atoms with van der Waals surface area (Å²) in [6.07, 6.45) is 9.79. The van der Waals surface area contributed by atoms with Gasteiger partial charge < -0.3 is 20.9 Å². The first kappa shape index (κ1) is 33.7. The Bertz CT molecular complexity index is 1290. The van der Waals surface area contributed by atoms with Crippen LogP contribution in [0.1, 0.15) is 93.3 Å². The van der Waals surface area contributed by atoms with Crippen LogP contribution < -0.4 is 16.0 Å². The molecule has 1 saturated carbocycles. The molecule has 1 aliphatic carbocycles. The summed E-state index contributed by atoms with van der Waals surface area (Å²) >= 11 is 1.44. The average Bonchev–Trinajstić information content (AvgIpc) is 3.49. The molecule has 0 unspecified atom stereocenters. The molecule has 0 bridgehead atoms. The number of fused-ring (bicyclic) bond motifs is 1. The average molecular weight is 619 g/mol. The maximum atomic E-state index is 14.1. The van der Waals surface area contributed by atoms with Gasteiger partial charge in [0.2, 0.25) is 11.8 Å². The summed E-state index contributed by atoms with van der Waals surface area (Å²) in [5.74, 6) is -0.686. The molecule has 1 aromatic heterocycles. The fourth-order valence-corrected chi connectivity index (χ4v) is 6.99. The summed E-state index contributed by atoms with van der Waals surface area (Å²) in [4.78, 5) is 44.2. The maximum Gasteiger partial charge on any atom is 0.262 e. The van der Waals surface area contributed by atoms with E-state index < -0.39 is 11.6 Å². The largest absolute Gasteiger partial charge is 0.354 e. The molecule has 4 rings (SSSR count). The van der Waals surface area contributed by atoms with Crippen LogP contribution >= 0.6 is 11.3 Å². The summed E-state index contributed by atoms with van der Waals surface area (Å²) in [6, 6.07) is 18.9. The second-order valence-electron chi connectivity index (χ2n) is 12.2. The molecule has 1 heterocycles. The van der Waals surface area contributed by atoms with E-state index in [1.807, 2.05) is 60.7 Å². The molecule has 3 aromatic rings. The van der Waals surface area contributed by atoms with Gasteiger partial charge in [-0.15, -0.1) is 11.3 Å². The van der Waals surface area contributed by atoms with E-state index in [0.29, 0.717) is 30.7 Å². The van der Waals surface area contributed by atoms with Crippen molar-refractivity contribution in [2.45, 2.75) is 96.1 Å². The first-order valence-corrected chi connectivity index (χ1v) is 17.4. The van der Waals surface area contributed by atoms with Gasteiger partial charge in [0.25, 0.3) is 5.91 Å². The summed E-state index contributed by atoms with van der Waals surface area (Å²) < 4.78 is 1.04. The van der Waals surface area contributed by atoms with Crippen molar-refractivity contribution >= 4 is 39.1 Å². The minimum Gasteiger partial charge on any atom is -0.354 e. The highest BCUT2D eigenvalue weighted by molar-refractivity contribution is 7.20. The number of hydrogen-bond donors (Lipinski definition) is 3. The molecule has 1 atom stereocenters. The van der Waals surface area contributed by atoms with Crippen LogP contribution in [-0.4, -0.2) is 60.4 Å². The number of unbranched alkanes of at least 4 members (excludes halogenated alkanes) is 2. The molecular formula is C36H50N4O3S. The lowest BCUT2D eigenvalue weighted by Crippen LogP contribution is -2.63. The van der Waals surface area contributed by atoms with Crippen LogP contribution in [0.4, 0.5) is 0 Å². The molecule has 0 radical (unpaired) electrons. The van der Waals surface area contributed by atoms with E-state index in [0.717, 1.165) is 61.0 Å². The Hall–Kier alpha value is -3.23. The van der Waals surface area contributed by atoms with Crippen molar-refractivity contribution in [1.29, 1.82) is 0 Å². The van der Waals surface area contributed by atoms with E-state index >= 15 is 0 Å². The third-order valence-corrected chi connectivity index (χ3v) is 9.77. The molecule has 0 saturated heterocycles. The quantitative estimate of drug-likeness (QED) is 0.151. The third kappa shape index (κ3) is 9.63. The molecule has 8 heteroatoms. The number of nitrogens with zero attached hydrogens (tertiary/aromatic N) is 1. The van der Waals surface area contributed by atoms with Crippen LogP contribution in [0.3, 0.4) is 0 Å². The molecule has 3 amide bonds. The lowest BCUT2D eigenvalue weighted by Gasteiger charge is -2.37. The minimum absolute atomic E-state index is 0.183. The highest BCUT2D eigenvalue weighted by atomic mass is 32.1. The number of rotatable bonds is 17. The molecule has 44 heavy (non-hydrogen) atoms. The van der Waals surface area contributed by atoms with Crippen molar-refractivity contribution in [3.8, 4) is 0 Å². The monoisotopic (exact) mass is 618 g/mol. The van der Waals surface area contributed by atoms with Gasteiger partial charge in [0.05, 0.1) is 4.88 Å². The number of carbonyl (C=O) groups excluding carboxylic acids is 3. The van der Waals surface area contributed by atoms with E-state index in [-0.39, 0.29) is 17.7 Å². The summed E-state index contributed by atoms with van der Waals surface area (Å²) in [5, 5.41) is 10.4. The lowest BCUT2D eigenvalue weighted by molar-refractivity contribution is -0.133. The predicted octanol–water partition coefficient (Wildman–Crippen LogP) is 6.47. The number of hydrogen-bond acceptors (Lipinski definition) is 5. The van der Waals surface area contributed by atoms with Gasteiger partial charge in [-0.2, -0.15) is 0 Å². The zero-order valence-corrected chi connectivity index (χ0v) is 27.4. The fourth-order valence-electron chi connectivity index (χ4n) is 6.03. The zero-order valence-electron chi connectivity index (χ0n) is 26.5. The Labute approximate surface area is 267 Å². The number of benzene rings is 2. The maximum absolute atomic E-state index is 14.1. The minimum atomic E-state index is -1.04. The van der Waals surface area contributed by atoms with Gasteiger partial charge in [-0.1, -0.05) is 94.5 Å². The summed E-state index contributed by atoms with van der Waals surface area (Å²) in [5.41, 5.74) is -0.0648. The number of amides is 3. The van der Waals surface area contributed by atoms with Crippen molar-refractivity contribution in [2.75, 3.05) is 26.2 Å². The van der Waals surface area contributed by atoms with Crippen LogP contribution in [0, 0.1) is 0 Å². The fraction of sp³-hybridized carbons (Fsp3) is 0.528. The molecule has 2 aromatic carbocycles. The molecule has 1 fully saturated rings. The highest BCUT2D eigenvalue weighted by Crippen LogP contribution is 2.31. The molecule has 7 nitrogen and oxygen atoms in total. The van der Waals surface area contributed by atoms with Gasteiger partial charge in [-0.25, -0.2) is 0 Å². The van der Waals surface area contributed by atoms with Crippen LogP contribution in [0.25, 0.3) is 10.1 Å². The van der Waals surface area contributed by atoms with Crippen molar-refractivity contribution in [1.82, 2.24) is 20.9 Å². The Morgan fingerprint density at radius 3 is 2.20 bits per heavy atom. The van der Waals surface area contributed by atoms with Crippen LogP contribution in [0.2, 0.25) is 0 Å². The Kier molecular flexibility index (Phi) is 13.2. The second-order valence-corrected chi connectivity index (χ2v) is 13.2. The Morgan fingerprint density at radius 1 is 0.864 bits per heavy atom. The van der Waals surface area contributed by atoms with Gasteiger partial charge in [0.1, 0.15) is 11.6 Å². The molecular weight excluding hydrogens is 568 g/mol. The van der Waals surface area contributed by atoms with E-state index in [4.69, 9.17) is 0 Å². The Morgan fingerprint density at radius 2 is 1.52 bits per heavy atom.